The quantitative estimate of drug-likeness (QED) is 0.820. The van der Waals surface area contributed by atoms with E-state index in [0.29, 0.717) is 25.2 Å². The number of carbonyl (C=O) groups is 2. The second kappa shape index (κ2) is 9.01. The summed E-state index contributed by atoms with van der Waals surface area (Å²) in [5.74, 6) is 0.00491. The van der Waals surface area contributed by atoms with Crippen LogP contribution in [0.4, 0.5) is 11.4 Å². The van der Waals surface area contributed by atoms with E-state index in [9.17, 15) is 9.59 Å². The Balaban J connectivity index is 0.00000208. The smallest absolute Gasteiger partial charge is 0.238 e. The third kappa shape index (κ3) is 4.69. The van der Waals surface area contributed by atoms with E-state index in [1.807, 2.05) is 24.3 Å². The van der Waals surface area contributed by atoms with Crippen molar-refractivity contribution in [1.29, 1.82) is 0 Å². The average molecular weight is 354 g/mol. The fourth-order valence-corrected chi connectivity index (χ4v) is 3.06. The molecule has 2 aliphatic heterocycles. The molecule has 0 aliphatic carbocycles. The molecule has 2 amide bonds. The first kappa shape index (κ1) is 18.7. The molecule has 3 rings (SSSR count). The predicted octanol–water partition coefficient (Wildman–Crippen LogP) is 1.94. The van der Waals surface area contributed by atoms with Crippen molar-refractivity contribution in [2.45, 2.75) is 31.8 Å². The normalized spacial score (nSPS) is 20.1. The molecule has 7 heteroatoms. The van der Waals surface area contributed by atoms with Crippen LogP contribution in [0.3, 0.4) is 0 Å². The topological polar surface area (TPSA) is 70.7 Å². The molecular formula is C17H24ClN3O3. The van der Waals surface area contributed by atoms with Crippen molar-refractivity contribution >= 4 is 35.6 Å². The molecule has 1 aromatic carbocycles. The molecule has 24 heavy (non-hydrogen) atoms. The molecule has 2 N–H and O–H groups in total. The summed E-state index contributed by atoms with van der Waals surface area (Å²) in [7, 11) is 0. The summed E-state index contributed by atoms with van der Waals surface area (Å²) < 4.78 is 5.51. The van der Waals surface area contributed by atoms with Gasteiger partial charge in [-0.05, 0) is 31.4 Å². The van der Waals surface area contributed by atoms with Crippen molar-refractivity contribution in [2.24, 2.45) is 0 Å². The van der Waals surface area contributed by atoms with Crippen LogP contribution in [-0.2, 0) is 14.3 Å². The van der Waals surface area contributed by atoms with Crippen LogP contribution < -0.4 is 15.5 Å². The second-order valence-electron chi connectivity index (χ2n) is 5.98. The average Bonchev–Trinajstić information content (AvgIpc) is 3.20. The number of nitrogens with one attached hydrogen (secondary N) is 2. The Hall–Kier alpha value is -1.63. The molecule has 0 bridgehead atoms. The summed E-state index contributed by atoms with van der Waals surface area (Å²) in [5.41, 5.74) is 1.47. The van der Waals surface area contributed by atoms with E-state index in [2.05, 4.69) is 10.6 Å². The molecule has 1 atom stereocenters. The van der Waals surface area contributed by atoms with E-state index in [1.165, 1.54) is 0 Å². The van der Waals surface area contributed by atoms with Crippen molar-refractivity contribution in [2.75, 3.05) is 36.5 Å². The molecule has 0 aromatic heterocycles. The van der Waals surface area contributed by atoms with Crippen molar-refractivity contribution in [1.82, 2.24) is 5.32 Å². The van der Waals surface area contributed by atoms with Crippen LogP contribution in [0.25, 0.3) is 0 Å². The first-order chi connectivity index (χ1) is 11.2. The molecule has 0 saturated carbocycles. The molecule has 0 radical (unpaired) electrons. The van der Waals surface area contributed by atoms with Gasteiger partial charge in [-0.2, -0.15) is 0 Å². The zero-order valence-electron chi connectivity index (χ0n) is 13.6. The first-order valence-electron chi connectivity index (χ1n) is 8.25. The lowest BCUT2D eigenvalue weighted by molar-refractivity contribution is -0.117. The van der Waals surface area contributed by atoms with Crippen LogP contribution >= 0.6 is 12.4 Å². The van der Waals surface area contributed by atoms with Gasteiger partial charge in [-0.15, -0.1) is 12.4 Å². The molecule has 132 valence electrons. The zero-order valence-corrected chi connectivity index (χ0v) is 14.4. The summed E-state index contributed by atoms with van der Waals surface area (Å²) in [4.78, 5) is 25.8. The van der Waals surface area contributed by atoms with Gasteiger partial charge in [0.1, 0.15) is 0 Å². The summed E-state index contributed by atoms with van der Waals surface area (Å²) in [6, 6.07) is 7.45. The number of carbonyl (C=O) groups excluding carboxylic acids is 2. The minimum atomic E-state index is -0.109. The second-order valence-corrected chi connectivity index (χ2v) is 5.98. The highest BCUT2D eigenvalue weighted by atomic mass is 35.5. The molecule has 0 spiro atoms. The van der Waals surface area contributed by atoms with Crippen LogP contribution in [0, 0.1) is 0 Å². The number of hydrogen-bond donors (Lipinski definition) is 2. The van der Waals surface area contributed by atoms with E-state index < -0.39 is 0 Å². The highest BCUT2D eigenvalue weighted by molar-refractivity contribution is 6.02. The Morgan fingerprint density at radius 3 is 2.83 bits per heavy atom. The van der Waals surface area contributed by atoms with Crippen LogP contribution in [0.5, 0.6) is 0 Å². The lowest BCUT2D eigenvalue weighted by Crippen LogP contribution is -2.34. The SMILES string of the molecule is Cl.O=C(CNCC1CCCO1)Nc1ccccc1N1CCCC1=O. The maximum Gasteiger partial charge on any atom is 0.238 e. The minimum absolute atomic E-state index is 0. The van der Waals surface area contributed by atoms with Crippen molar-refractivity contribution < 1.29 is 14.3 Å². The zero-order chi connectivity index (χ0) is 16.1. The van der Waals surface area contributed by atoms with Gasteiger partial charge < -0.3 is 20.3 Å². The van der Waals surface area contributed by atoms with Gasteiger partial charge in [-0.25, -0.2) is 0 Å². The van der Waals surface area contributed by atoms with Gasteiger partial charge in [0, 0.05) is 26.1 Å². The summed E-state index contributed by atoms with van der Waals surface area (Å²) >= 11 is 0. The van der Waals surface area contributed by atoms with Crippen LogP contribution in [-0.4, -0.2) is 44.2 Å². The van der Waals surface area contributed by atoms with E-state index >= 15 is 0 Å². The number of nitrogens with zero attached hydrogens (tertiary/aromatic N) is 1. The van der Waals surface area contributed by atoms with E-state index in [0.717, 1.165) is 31.6 Å². The molecule has 2 aliphatic rings. The molecule has 6 nitrogen and oxygen atoms in total. The summed E-state index contributed by atoms with van der Waals surface area (Å²) in [5, 5.41) is 6.02. The number of ether oxygens (including phenoxy) is 1. The number of rotatable bonds is 6. The number of anilines is 2. The lowest BCUT2D eigenvalue weighted by atomic mass is 10.2. The third-order valence-electron chi connectivity index (χ3n) is 4.22. The Morgan fingerprint density at radius 1 is 1.29 bits per heavy atom. The van der Waals surface area contributed by atoms with Gasteiger partial charge >= 0.3 is 0 Å². The third-order valence-corrected chi connectivity index (χ3v) is 4.22. The largest absolute Gasteiger partial charge is 0.377 e. The van der Waals surface area contributed by atoms with Crippen LogP contribution in [0.1, 0.15) is 25.7 Å². The van der Waals surface area contributed by atoms with Crippen LogP contribution in [0.15, 0.2) is 24.3 Å². The first-order valence-corrected chi connectivity index (χ1v) is 8.25. The van der Waals surface area contributed by atoms with Gasteiger partial charge in [0.05, 0.1) is 24.0 Å². The number of para-hydroxylation sites is 2. The fourth-order valence-electron chi connectivity index (χ4n) is 3.06. The van der Waals surface area contributed by atoms with E-state index in [4.69, 9.17) is 4.74 Å². The molecule has 2 fully saturated rings. The van der Waals surface area contributed by atoms with Crippen LogP contribution in [0.2, 0.25) is 0 Å². The predicted molar refractivity (Wildman–Crippen MR) is 95.8 cm³/mol. The Bertz CT molecular complexity index is 576. The standard InChI is InChI=1S/C17H23N3O3.ClH/c21-16(12-18-11-13-5-4-10-23-13)19-14-6-1-2-7-15(14)20-9-3-8-17(20)22;/h1-2,6-7,13,18H,3-5,8-12H2,(H,19,21);1H. The maximum absolute atomic E-state index is 12.1. The Labute approximate surface area is 148 Å². The number of halogens is 1. The van der Waals surface area contributed by atoms with Crippen molar-refractivity contribution in [3.63, 3.8) is 0 Å². The van der Waals surface area contributed by atoms with Gasteiger partial charge in [-0.3, -0.25) is 9.59 Å². The van der Waals surface area contributed by atoms with E-state index in [1.54, 1.807) is 4.90 Å². The van der Waals surface area contributed by atoms with Gasteiger partial charge in [-0.1, -0.05) is 12.1 Å². The highest BCUT2D eigenvalue weighted by Crippen LogP contribution is 2.29. The van der Waals surface area contributed by atoms with Gasteiger partial charge in [0.25, 0.3) is 0 Å². The lowest BCUT2D eigenvalue weighted by Gasteiger charge is -2.20. The van der Waals surface area contributed by atoms with E-state index in [-0.39, 0.29) is 36.9 Å². The van der Waals surface area contributed by atoms with Crippen molar-refractivity contribution in [3.8, 4) is 0 Å². The number of benzene rings is 1. The monoisotopic (exact) mass is 353 g/mol. The Kier molecular flexibility index (Phi) is 7.02. The molecule has 2 heterocycles. The Morgan fingerprint density at radius 2 is 2.12 bits per heavy atom. The molecular weight excluding hydrogens is 330 g/mol. The van der Waals surface area contributed by atoms with Crippen molar-refractivity contribution in [3.05, 3.63) is 24.3 Å². The number of amides is 2. The summed E-state index contributed by atoms with van der Waals surface area (Å²) in [6.45, 7) is 2.46. The van der Waals surface area contributed by atoms with Gasteiger partial charge in [0.2, 0.25) is 11.8 Å². The van der Waals surface area contributed by atoms with Gasteiger partial charge in [0.15, 0.2) is 0 Å². The minimum Gasteiger partial charge on any atom is -0.377 e. The molecule has 2 saturated heterocycles. The fraction of sp³-hybridized carbons (Fsp3) is 0.529. The molecule has 1 aromatic rings. The highest BCUT2D eigenvalue weighted by Gasteiger charge is 2.24. The summed E-state index contributed by atoms with van der Waals surface area (Å²) in [6.07, 6.45) is 3.80. The molecule has 1 unspecified atom stereocenters. The number of hydrogen-bond acceptors (Lipinski definition) is 4. The maximum atomic E-state index is 12.1.